The number of fused-ring (bicyclic) bond motifs is 1. The van der Waals surface area contributed by atoms with Crippen molar-refractivity contribution in [3.05, 3.63) is 53.6 Å². The van der Waals surface area contributed by atoms with Crippen molar-refractivity contribution < 1.29 is 32.2 Å². The van der Waals surface area contributed by atoms with Gasteiger partial charge in [-0.1, -0.05) is 12.1 Å². The lowest BCUT2D eigenvalue weighted by Gasteiger charge is -2.07. The number of alkyl halides is 3. The van der Waals surface area contributed by atoms with Gasteiger partial charge in [-0.3, -0.25) is 5.41 Å². The summed E-state index contributed by atoms with van der Waals surface area (Å²) < 4.78 is 48.6. The van der Waals surface area contributed by atoms with Crippen LogP contribution in [-0.2, 0) is 6.18 Å². The highest BCUT2D eigenvalue weighted by Crippen LogP contribution is 2.37. The maximum absolute atomic E-state index is 12.6. The van der Waals surface area contributed by atoms with E-state index in [1.807, 2.05) is 0 Å². The molecular weight excluding hydrogens is 365 g/mol. The van der Waals surface area contributed by atoms with E-state index in [1.54, 1.807) is 12.1 Å². The average molecular weight is 380 g/mol. The lowest BCUT2D eigenvalue weighted by molar-refractivity contribution is -0.137. The maximum Gasteiger partial charge on any atom is 0.416 e. The zero-order valence-corrected chi connectivity index (χ0v) is 14.0. The molecule has 0 aliphatic carbocycles. The molecule has 0 spiro atoms. The zero-order valence-electron chi connectivity index (χ0n) is 14.0. The Hall–Kier alpha value is -3.49. The van der Waals surface area contributed by atoms with E-state index >= 15 is 0 Å². The molecule has 9 heteroatoms. The van der Waals surface area contributed by atoms with Gasteiger partial charge in [0.05, 0.1) is 19.0 Å². The molecule has 0 bridgehead atoms. The van der Waals surface area contributed by atoms with Crippen molar-refractivity contribution in [2.24, 2.45) is 5.73 Å². The molecule has 0 amide bonds. The third kappa shape index (κ3) is 4.20. The van der Waals surface area contributed by atoms with Gasteiger partial charge in [-0.2, -0.15) is 13.2 Å². The number of aromatic carboxylic acids is 1. The summed E-state index contributed by atoms with van der Waals surface area (Å²) in [6.45, 7) is 0. The van der Waals surface area contributed by atoms with Crippen molar-refractivity contribution in [2.45, 2.75) is 6.18 Å². The van der Waals surface area contributed by atoms with Gasteiger partial charge in [-0.15, -0.1) is 0 Å². The summed E-state index contributed by atoms with van der Waals surface area (Å²) in [6.07, 6.45) is -3.71. The number of nitrogens with two attached hydrogens (primary N) is 1. The van der Waals surface area contributed by atoms with Gasteiger partial charge in [0.1, 0.15) is 22.7 Å². The third-order valence-electron chi connectivity index (χ3n) is 3.58. The first-order chi connectivity index (χ1) is 12.7. The highest BCUT2D eigenvalue weighted by atomic mass is 19.4. The molecule has 0 radical (unpaired) electrons. The average Bonchev–Trinajstić information content (AvgIpc) is 3.00. The number of carbonyl (C=O) groups is 1. The van der Waals surface area contributed by atoms with Gasteiger partial charge >= 0.3 is 12.1 Å². The SMILES string of the molecule is COc1ccc2oc(-c3ccc(C(F)(F)F)cc3)c(C(=O)O)c2c1.N=CN. The fourth-order valence-electron chi connectivity index (χ4n) is 2.43. The highest BCUT2D eigenvalue weighted by Gasteiger charge is 2.30. The van der Waals surface area contributed by atoms with Crippen molar-refractivity contribution in [1.29, 1.82) is 5.41 Å². The van der Waals surface area contributed by atoms with Gasteiger partial charge in [-0.05, 0) is 30.3 Å². The molecule has 0 fully saturated rings. The fraction of sp³-hybridized carbons (Fsp3) is 0.111. The Morgan fingerprint density at radius 3 is 2.30 bits per heavy atom. The van der Waals surface area contributed by atoms with Crippen molar-refractivity contribution in [1.82, 2.24) is 0 Å². The molecule has 0 aliphatic heterocycles. The highest BCUT2D eigenvalue weighted by molar-refractivity contribution is 6.08. The summed E-state index contributed by atoms with van der Waals surface area (Å²) in [4.78, 5) is 11.6. The minimum atomic E-state index is -4.46. The Morgan fingerprint density at radius 1 is 1.22 bits per heavy atom. The van der Waals surface area contributed by atoms with E-state index in [2.05, 4.69) is 5.73 Å². The van der Waals surface area contributed by atoms with Crippen LogP contribution in [-0.4, -0.2) is 24.5 Å². The molecule has 1 aromatic heterocycles. The van der Waals surface area contributed by atoms with Gasteiger partial charge in [-0.25, -0.2) is 4.79 Å². The summed E-state index contributed by atoms with van der Waals surface area (Å²) in [5.74, 6) is -0.791. The van der Waals surface area contributed by atoms with Crippen LogP contribution in [0.1, 0.15) is 15.9 Å². The van der Waals surface area contributed by atoms with E-state index in [1.165, 1.54) is 25.3 Å². The van der Waals surface area contributed by atoms with Crippen LogP contribution < -0.4 is 10.5 Å². The molecule has 27 heavy (non-hydrogen) atoms. The summed E-state index contributed by atoms with van der Waals surface area (Å²) >= 11 is 0. The third-order valence-corrected chi connectivity index (χ3v) is 3.58. The molecule has 0 saturated carbocycles. The largest absolute Gasteiger partial charge is 0.497 e. The van der Waals surface area contributed by atoms with E-state index < -0.39 is 17.7 Å². The van der Waals surface area contributed by atoms with Gasteiger partial charge in [0.15, 0.2) is 0 Å². The molecule has 3 rings (SSSR count). The summed E-state index contributed by atoms with van der Waals surface area (Å²) in [5.41, 5.74) is 4.00. The standard InChI is InChI=1S/C17H11F3O4.CH4N2/c1-23-11-6-7-13-12(8-11)14(16(21)22)15(24-13)9-2-4-10(5-3-9)17(18,19)20;2-1-3/h2-8H,1H3,(H,21,22);1H,(H3,2,3). The Labute approximate surface area is 151 Å². The van der Waals surface area contributed by atoms with E-state index in [9.17, 15) is 23.1 Å². The van der Waals surface area contributed by atoms with Crippen LogP contribution in [0.5, 0.6) is 5.75 Å². The quantitative estimate of drug-likeness (QED) is 0.461. The number of methoxy groups -OCH3 is 1. The van der Waals surface area contributed by atoms with Crippen LogP contribution in [0.4, 0.5) is 13.2 Å². The smallest absolute Gasteiger partial charge is 0.416 e. The monoisotopic (exact) mass is 380 g/mol. The van der Waals surface area contributed by atoms with Crippen LogP contribution >= 0.6 is 0 Å². The normalized spacial score (nSPS) is 10.8. The number of ether oxygens (including phenoxy) is 1. The number of nitrogens with one attached hydrogen (secondary N) is 1. The minimum Gasteiger partial charge on any atom is -0.497 e. The number of hydrogen-bond acceptors (Lipinski definition) is 4. The first-order valence-electron chi connectivity index (χ1n) is 7.45. The van der Waals surface area contributed by atoms with Gasteiger partial charge in [0.2, 0.25) is 0 Å². The number of furan rings is 1. The fourth-order valence-corrected chi connectivity index (χ4v) is 2.43. The van der Waals surface area contributed by atoms with Crippen molar-refractivity contribution in [3.8, 4) is 17.1 Å². The predicted octanol–water partition coefficient (Wildman–Crippen LogP) is 4.38. The molecular formula is C18H15F3N2O4. The molecule has 142 valence electrons. The van der Waals surface area contributed by atoms with Gasteiger partial charge in [0, 0.05) is 10.9 Å². The van der Waals surface area contributed by atoms with Crippen LogP contribution in [0.3, 0.4) is 0 Å². The van der Waals surface area contributed by atoms with E-state index in [0.29, 0.717) is 16.7 Å². The first-order valence-corrected chi connectivity index (χ1v) is 7.45. The predicted molar refractivity (Wildman–Crippen MR) is 93.1 cm³/mol. The maximum atomic E-state index is 12.6. The minimum absolute atomic E-state index is 0.000484. The first kappa shape index (κ1) is 19.8. The molecule has 3 aromatic rings. The topological polar surface area (TPSA) is 110 Å². The summed E-state index contributed by atoms with van der Waals surface area (Å²) in [7, 11) is 1.44. The van der Waals surface area contributed by atoms with E-state index in [0.717, 1.165) is 18.5 Å². The molecule has 0 atom stereocenters. The van der Waals surface area contributed by atoms with Crippen LogP contribution in [0, 0.1) is 5.41 Å². The van der Waals surface area contributed by atoms with Crippen LogP contribution in [0.25, 0.3) is 22.3 Å². The molecule has 1 heterocycles. The molecule has 0 saturated heterocycles. The Balaban J connectivity index is 0.000000817. The Bertz CT molecular complexity index is 963. The molecule has 6 nitrogen and oxygen atoms in total. The van der Waals surface area contributed by atoms with Crippen LogP contribution in [0.2, 0.25) is 0 Å². The number of halogens is 3. The second-order valence-electron chi connectivity index (χ2n) is 5.22. The van der Waals surface area contributed by atoms with Crippen molar-refractivity contribution >= 4 is 23.3 Å². The Morgan fingerprint density at radius 2 is 1.81 bits per heavy atom. The van der Waals surface area contributed by atoms with Crippen molar-refractivity contribution in [2.75, 3.05) is 7.11 Å². The van der Waals surface area contributed by atoms with Gasteiger partial charge < -0.3 is 20.0 Å². The van der Waals surface area contributed by atoms with Crippen LogP contribution in [0.15, 0.2) is 46.9 Å². The molecule has 0 aliphatic rings. The summed E-state index contributed by atoms with van der Waals surface area (Å²) in [5, 5.41) is 15.7. The van der Waals surface area contributed by atoms with Gasteiger partial charge in [0.25, 0.3) is 0 Å². The number of rotatable bonds is 3. The second kappa shape index (κ2) is 7.81. The van der Waals surface area contributed by atoms with E-state index in [4.69, 9.17) is 14.6 Å². The molecule has 0 unspecified atom stereocenters. The number of benzene rings is 2. The number of carboxylic acid groups (broad SMARTS) is 1. The van der Waals surface area contributed by atoms with Crippen molar-refractivity contribution in [3.63, 3.8) is 0 Å². The Kier molecular flexibility index (Phi) is 5.74. The summed E-state index contributed by atoms with van der Waals surface area (Å²) in [6, 6.07) is 8.80. The molecule has 2 aromatic carbocycles. The lowest BCUT2D eigenvalue weighted by Crippen LogP contribution is -2.04. The lowest BCUT2D eigenvalue weighted by atomic mass is 10.0. The second-order valence-corrected chi connectivity index (χ2v) is 5.22. The molecule has 4 N–H and O–H groups in total. The van der Waals surface area contributed by atoms with E-state index in [-0.39, 0.29) is 16.9 Å². The number of hydrogen-bond donors (Lipinski definition) is 3. The zero-order chi connectivity index (χ0) is 20.2. The number of carboxylic acids is 1.